The number of piperidine rings is 1. The highest BCUT2D eigenvalue weighted by atomic mass is 32.1. The predicted molar refractivity (Wildman–Crippen MR) is 101 cm³/mol. The van der Waals surface area contributed by atoms with E-state index in [1.807, 2.05) is 30.3 Å². The highest BCUT2D eigenvalue weighted by Gasteiger charge is 2.23. The third kappa shape index (κ3) is 4.00. The second kappa shape index (κ2) is 7.80. The van der Waals surface area contributed by atoms with E-state index >= 15 is 0 Å². The Morgan fingerprint density at radius 3 is 2.92 bits per heavy atom. The van der Waals surface area contributed by atoms with Crippen LogP contribution >= 0.6 is 11.3 Å². The van der Waals surface area contributed by atoms with Crippen LogP contribution < -0.4 is 5.32 Å². The van der Waals surface area contributed by atoms with Gasteiger partial charge in [0.1, 0.15) is 0 Å². The van der Waals surface area contributed by atoms with Gasteiger partial charge in [0, 0.05) is 24.0 Å². The van der Waals surface area contributed by atoms with Crippen molar-refractivity contribution in [2.75, 3.05) is 13.1 Å². The highest BCUT2D eigenvalue weighted by molar-refractivity contribution is 7.09. The number of rotatable bonds is 5. The van der Waals surface area contributed by atoms with Gasteiger partial charge in [-0.25, -0.2) is 4.68 Å². The van der Waals surface area contributed by atoms with Gasteiger partial charge in [0.15, 0.2) is 5.69 Å². The van der Waals surface area contributed by atoms with Gasteiger partial charge in [0.2, 0.25) is 0 Å². The molecule has 134 valence electrons. The van der Waals surface area contributed by atoms with Crippen molar-refractivity contribution in [1.29, 1.82) is 0 Å². The standard InChI is InChI=1S/C19H21N5OS/c25-19(18-14-24(22-21-18)16-7-2-1-3-8-16)20-15-6-4-10-23(12-15)13-17-9-5-11-26-17/h1-3,5,7-9,11,14-15H,4,6,10,12-13H2,(H,20,25). The van der Waals surface area contributed by atoms with Gasteiger partial charge >= 0.3 is 0 Å². The smallest absolute Gasteiger partial charge is 0.273 e. The molecule has 1 N–H and O–H groups in total. The lowest BCUT2D eigenvalue weighted by atomic mass is 10.1. The van der Waals surface area contributed by atoms with Crippen LogP contribution in [0.15, 0.2) is 54.0 Å². The monoisotopic (exact) mass is 367 g/mol. The lowest BCUT2D eigenvalue weighted by molar-refractivity contribution is 0.0896. The first kappa shape index (κ1) is 16.9. The summed E-state index contributed by atoms with van der Waals surface area (Å²) in [4.78, 5) is 16.3. The number of benzene rings is 1. The highest BCUT2D eigenvalue weighted by Crippen LogP contribution is 2.17. The number of aromatic nitrogens is 3. The molecule has 1 atom stereocenters. The molecule has 3 heterocycles. The largest absolute Gasteiger partial charge is 0.347 e. The minimum atomic E-state index is -0.157. The Labute approximate surface area is 156 Å². The molecule has 0 radical (unpaired) electrons. The summed E-state index contributed by atoms with van der Waals surface area (Å²) in [6, 6.07) is 14.1. The zero-order valence-electron chi connectivity index (χ0n) is 14.4. The molecule has 0 aliphatic carbocycles. The van der Waals surface area contributed by atoms with Gasteiger partial charge in [-0.2, -0.15) is 0 Å². The second-order valence-corrected chi connectivity index (χ2v) is 7.54. The zero-order chi connectivity index (χ0) is 17.8. The Morgan fingerprint density at radius 2 is 2.12 bits per heavy atom. The average Bonchev–Trinajstić information content (AvgIpc) is 3.35. The quantitative estimate of drug-likeness (QED) is 0.753. The Morgan fingerprint density at radius 1 is 1.23 bits per heavy atom. The molecule has 0 bridgehead atoms. The van der Waals surface area contributed by atoms with Crippen LogP contribution in [0.3, 0.4) is 0 Å². The summed E-state index contributed by atoms with van der Waals surface area (Å²) in [7, 11) is 0. The van der Waals surface area contributed by atoms with Gasteiger partial charge in [-0.05, 0) is 43.0 Å². The summed E-state index contributed by atoms with van der Waals surface area (Å²) in [5.74, 6) is -0.157. The number of likely N-dealkylation sites (tertiary alicyclic amines) is 1. The molecule has 6 nitrogen and oxygen atoms in total. The van der Waals surface area contributed by atoms with Crippen molar-refractivity contribution in [1.82, 2.24) is 25.2 Å². The fourth-order valence-electron chi connectivity index (χ4n) is 3.27. The number of para-hydroxylation sites is 1. The molecular weight excluding hydrogens is 346 g/mol. The molecule has 26 heavy (non-hydrogen) atoms. The van der Waals surface area contributed by atoms with Gasteiger partial charge < -0.3 is 5.32 Å². The Bertz CT molecular complexity index is 846. The summed E-state index contributed by atoms with van der Waals surface area (Å²) in [5, 5.41) is 13.3. The van der Waals surface area contributed by atoms with E-state index in [0.717, 1.165) is 38.2 Å². The van der Waals surface area contributed by atoms with E-state index in [1.165, 1.54) is 4.88 Å². The van der Waals surface area contributed by atoms with Crippen LogP contribution in [-0.4, -0.2) is 44.9 Å². The fraction of sp³-hybridized carbons (Fsp3) is 0.316. The maximum atomic E-state index is 12.5. The number of carbonyl (C=O) groups excluding carboxylic acids is 1. The van der Waals surface area contributed by atoms with Crippen molar-refractivity contribution in [3.63, 3.8) is 0 Å². The average molecular weight is 367 g/mol. The zero-order valence-corrected chi connectivity index (χ0v) is 15.2. The summed E-state index contributed by atoms with van der Waals surface area (Å²) in [6.45, 7) is 2.90. The molecule has 0 spiro atoms. The number of amides is 1. The van der Waals surface area contributed by atoms with Crippen molar-refractivity contribution in [3.8, 4) is 5.69 Å². The van der Waals surface area contributed by atoms with Gasteiger partial charge in [-0.1, -0.05) is 29.5 Å². The molecule has 1 aliphatic rings. The summed E-state index contributed by atoms with van der Waals surface area (Å²) in [5.41, 5.74) is 1.24. The van der Waals surface area contributed by atoms with E-state index < -0.39 is 0 Å². The first-order chi connectivity index (χ1) is 12.8. The Balaban J connectivity index is 1.36. The molecule has 1 unspecified atom stereocenters. The summed E-state index contributed by atoms with van der Waals surface area (Å²) >= 11 is 1.78. The van der Waals surface area contributed by atoms with E-state index in [0.29, 0.717) is 5.69 Å². The van der Waals surface area contributed by atoms with E-state index in [2.05, 4.69) is 38.0 Å². The number of hydrogen-bond donors (Lipinski definition) is 1. The number of thiophene rings is 1. The topological polar surface area (TPSA) is 63.1 Å². The van der Waals surface area contributed by atoms with Gasteiger partial charge in [0.25, 0.3) is 5.91 Å². The summed E-state index contributed by atoms with van der Waals surface area (Å²) < 4.78 is 1.62. The molecule has 1 aromatic carbocycles. The molecule has 1 saturated heterocycles. The van der Waals surface area contributed by atoms with Crippen molar-refractivity contribution >= 4 is 17.2 Å². The number of hydrogen-bond acceptors (Lipinski definition) is 5. The minimum Gasteiger partial charge on any atom is -0.347 e. The molecule has 4 rings (SSSR count). The SMILES string of the molecule is O=C(NC1CCCN(Cc2cccs2)C1)c1cn(-c2ccccc2)nn1. The molecule has 1 fully saturated rings. The fourth-order valence-corrected chi connectivity index (χ4v) is 4.02. The summed E-state index contributed by atoms with van der Waals surface area (Å²) in [6.07, 6.45) is 3.77. The van der Waals surface area contributed by atoms with Crippen molar-refractivity contribution in [2.45, 2.75) is 25.4 Å². The van der Waals surface area contributed by atoms with Crippen LogP contribution in [0.25, 0.3) is 5.69 Å². The van der Waals surface area contributed by atoms with Crippen LogP contribution in [0.4, 0.5) is 0 Å². The van der Waals surface area contributed by atoms with E-state index in [4.69, 9.17) is 0 Å². The minimum absolute atomic E-state index is 0.151. The van der Waals surface area contributed by atoms with Gasteiger partial charge in [0.05, 0.1) is 11.9 Å². The second-order valence-electron chi connectivity index (χ2n) is 6.51. The van der Waals surface area contributed by atoms with Crippen LogP contribution in [0.5, 0.6) is 0 Å². The first-order valence-corrected chi connectivity index (χ1v) is 9.69. The Hall–Kier alpha value is -2.51. The van der Waals surface area contributed by atoms with Crippen molar-refractivity contribution < 1.29 is 4.79 Å². The van der Waals surface area contributed by atoms with Crippen molar-refractivity contribution in [3.05, 3.63) is 64.6 Å². The lowest BCUT2D eigenvalue weighted by Gasteiger charge is -2.32. The van der Waals surface area contributed by atoms with E-state index in [-0.39, 0.29) is 11.9 Å². The van der Waals surface area contributed by atoms with Gasteiger partial charge in [-0.15, -0.1) is 16.4 Å². The molecule has 0 saturated carbocycles. The first-order valence-electron chi connectivity index (χ1n) is 8.81. The predicted octanol–water partition coefficient (Wildman–Crippen LogP) is 2.72. The maximum absolute atomic E-state index is 12.5. The normalized spacial score (nSPS) is 17.9. The molecule has 7 heteroatoms. The van der Waals surface area contributed by atoms with Crippen LogP contribution in [-0.2, 0) is 6.54 Å². The van der Waals surface area contributed by atoms with Crippen molar-refractivity contribution in [2.24, 2.45) is 0 Å². The number of nitrogens with one attached hydrogen (secondary N) is 1. The third-order valence-corrected chi connectivity index (χ3v) is 5.41. The molecule has 1 aliphatic heterocycles. The Kier molecular flexibility index (Phi) is 5.08. The van der Waals surface area contributed by atoms with E-state index in [1.54, 1.807) is 22.2 Å². The molecular formula is C19H21N5OS. The maximum Gasteiger partial charge on any atom is 0.273 e. The lowest BCUT2D eigenvalue weighted by Crippen LogP contribution is -2.47. The number of carbonyl (C=O) groups is 1. The molecule has 1 amide bonds. The third-order valence-electron chi connectivity index (χ3n) is 4.55. The van der Waals surface area contributed by atoms with Crippen LogP contribution in [0.2, 0.25) is 0 Å². The molecule has 2 aromatic heterocycles. The number of nitrogens with zero attached hydrogens (tertiary/aromatic N) is 4. The molecule has 3 aromatic rings. The van der Waals surface area contributed by atoms with Gasteiger partial charge in [-0.3, -0.25) is 9.69 Å². The van der Waals surface area contributed by atoms with Crippen LogP contribution in [0.1, 0.15) is 28.2 Å². The van der Waals surface area contributed by atoms with E-state index in [9.17, 15) is 4.79 Å². The van der Waals surface area contributed by atoms with Crippen LogP contribution in [0, 0.1) is 0 Å².